The summed E-state index contributed by atoms with van der Waals surface area (Å²) in [6, 6.07) is 6.26. The number of amides is 2. The van der Waals surface area contributed by atoms with Crippen LogP contribution < -0.4 is 11.1 Å². The lowest BCUT2D eigenvalue weighted by Crippen LogP contribution is -2.35. The molecule has 0 fully saturated rings. The van der Waals surface area contributed by atoms with Crippen molar-refractivity contribution in [1.82, 2.24) is 5.32 Å². The van der Waals surface area contributed by atoms with E-state index in [1.807, 2.05) is 0 Å². The molecule has 20 heavy (non-hydrogen) atoms. The molecule has 1 atom stereocenters. The highest BCUT2D eigenvalue weighted by Crippen LogP contribution is 2.05. The van der Waals surface area contributed by atoms with Crippen LogP contribution in [-0.4, -0.2) is 40.6 Å². The summed E-state index contributed by atoms with van der Waals surface area (Å²) in [4.78, 5) is 32.5. The van der Waals surface area contributed by atoms with Crippen LogP contribution in [0.1, 0.15) is 15.9 Å². The van der Waals surface area contributed by atoms with Crippen LogP contribution in [0.15, 0.2) is 30.3 Å². The summed E-state index contributed by atoms with van der Waals surface area (Å²) in [7, 11) is 0. The van der Waals surface area contributed by atoms with Crippen molar-refractivity contribution in [1.29, 1.82) is 0 Å². The lowest BCUT2D eigenvalue weighted by Gasteiger charge is -2.05. The third-order valence-electron chi connectivity index (χ3n) is 2.38. The van der Waals surface area contributed by atoms with Gasteiger partial charge in [0.15, 0.2) is 6.10 Å². The summed E-state index contributed by atoms with van der Waals surface area (Å²) in [6.45, 7) is -0.376. The highest BCUT2D eigenvalue weighted by atomic mass is 16.4. The average molecular weight is 278 g/mol. The summed E-state index contributed by atoms with van der Waals surface area (Å²) >= 11 is 0. The quantitative estimate of drug-likeness (QED) is 0.514. The van der Waals surface area contributed by atoms with Gasteiger partial charge in [-0.1, -0.05) is 12.1 Å². The summed E-state index contributed by atoms with van der Waals surface area (Å²) in [5.74, 6) is -2.48. The fraction of sp³-hybridized carbons (Fsp3) is 0.154. The Morgan fingerprint density at radius 2 is 1.85 bits per heavy atom. The van der Waals surface area contributed by atoms with E-state index in [1.54, 1.807) is 12.1 Å². The molecule has 0 aliphatic heterocycles. The SMILES string of the molecule is NC(=O)c1ccc(C=CC(=O)NCC(O)C(=O)O)cc1. The topological polar surface area (TPSA) is 130 Å². The van der Waals surface area contributed by atoms with Crippen molar-refractivity contribution in [2.24, 2.45) is 5.73 Å². The first-order chi connectivity index (χ1) is 9.40. The van der Waals surface area contributed by atoms with Gasteiger partial charge in [0.05, 0.1) is 6.54 Å². The normalized spacial score (nSPS) is 12.1. The van der Waals surface area contributed by atoms with E-state index in [0.29, 0.717) is 11.1 Å². The lowest BCUT2D eigenvalue weighted by molar-refractivity contribution is -0.146. The standard InChI is InChI=1S/C13H14N2O5/c14-12(18)9-4-1-8(2-5-9)3-6-11(17)15-7-10(16)13(19)20/h1-6,10,16H,7H2,(H2,14,18)(H,15,17)(H,19,20). The molecule has 0 radical (unpaired) electrons. The Morgan fingerprint density at radius 3 is 2.35 bits per heavy atom. The minimum absolute atomic E-state index is 0.358. The second-order valence-electron chi connectivity index (χ2n) is 3.92. The van der Waals surface area contributed by atoms with Crippen LogP contribution >= 0.6 is 0 Å². The van der Waals surface area contributed by atoms with Crippen LogP contribution in [0.2, 0.25) is 0 Å². The van der Waals surface area contributed by atoms with Gasteiger partial charge >= 0.3 is 5.97 Å². The zero-order valence-corrected chi connectivity index (χ0v) is 10.4. The second-order valence-corrected chi connectivity index (χ2v) is 3.92. The van der Waals surface area contributed by atoms with Gasteiger partial charge < -0.3 is 21.3 Å². The molecule has 2 amide bonds. The molecule has 1 aromatic rings. The van der Waals surface area contributed by atoms with Crippen molar-refractivity contribution < 1.29 is 24.6 Å². The van der Waals surface area contributed by atoms with E-state index in [-0.39, 0.29) is 6.54 Å². The lowest BCUT2D eigenvalue weighted by atomic mass is 10.1. The van der Waals surface area contributed by atoms with Crippen LogP contribution in [0.3, 0.4) is 0 Å². The third kappa shape index (κ3) is 4.91. The predicted molar refractivity (Wildman–Crippen MR) is 70.6 cm³/mol. The monoisotopic (exact) mass is 278 g/mol. The third-order valence-corrected chi connectivity index (χ3v) is 2.38. The number of rotatable bonds is 6. The van der Waals surface area contributed by atoms with Crippen molar-refractivity contribution in [3.8, 4) is 0 Å². The van der Waals surface area contributed by atoms with Crippen molar-refractivity contribution >= 4 is 23.9 Å². The fourth-order valence-corrected chi connectivity index (χ4v) is 1.27. The molecule has 0 saturated heterocycles. The number of aliphatic carboxylic acids is 1. The number of carboxylic acid groups (broad SMARTS) is 1. The maximum Gasteiger partial charge on any atom is 0.334 e. The molecular formula is C13H14N2O5. The highest BCUT2D eigenvalue weighted by molar-refractivity contribution is 5.94. The first kappa shape index (κ1) is 15.4. The maximum atomic E-state index is 11.3. The number of hydrogen-bond donors (Lipinski definition) is 4. The molecule has 0 spiro atoms. The summed E-state index contributed by atoms with van der Waals surface area (Å²) in [6.07, 6.45) is 1.03. The largest absolute Gasteiger partial charge is 0.479 e. The zero-order valence-electron chi connectivity index (χ0n) is 10.4. The van der Waals surface area contributed by atoms with Crippen LogP contribution in [0.25, 0.3) is 6.08 Å². The molecule has 7 nitrogen and oxygen atoms in total. The summed E-state index contributed by atoms with van der Waals surface area (Å²) in [5.41, 5.74) is 6.11. The van der Waals surface area contributed by atoms with Gasteiger partial charge in [0.1, 0.15) is 0 Å². The molecular weight excluding hydrogens is 264 g/mol. The summed E-state index contributed by atoms with van der Waals surface area (Å²) in [5, 5.41) is 19.6. The number of hydrogen-bond acceptors (Lipinski definition) is 4. The summed E-state index contributed by atoms with van der Waals surface area (Å²) < 4.78 is 0. The van der Waals surface area contributed by atoms with E-state index in [1.165, 1.54) is 24.3 Å². The number of primary amides is 1. The molecule has 0 bridgehead atoms. The van der Waals surface area contributed by atoms with Gasteiger partial charge in [-0.05, 0) is 23.8 Å². The van der Waals surface area contributed by atoms with E-state index in [0.717, 1.165) is 0 Å². The van der Waals surface area contributed by atoms with Crippen LogP contribution in [-0.2, 0) is 9.59 Å². The van der Waals surface area contributed by atoms with Crippen LogP contribution in [0.4, 0.5) is 0 Å². The number of nitrogens with two attached hydrogens (primary N) is 1. The minimum Gasteiger partial charge on any atom is -0.479 e. The molecule has 0 aliphatic rings. The van der Waals surface area contributed by atoms with Gasteiger partial charge in [-0.3, -0.25) is 9.59 Å². The smallest absolute Gasteiger partial charge is 0.334 e. The fourth-order valence-electron chi connectivity index (χ4n) is 1.27. The van der Waals surface area contributed by atoms with E-state index >= 15 is 0 Å². The predicted octanol–water partition coefficient (Wildman–Crippen LogP) is -0.640. The van der Waals surface area contributed by atoms with E-state index in [9.17, 15) is 14.4 Å². The Kier molecular flexibility index (Phi) is 5.42. The molecule has 1 unspecified atom stereocenters. The van der Waals surface area contributed by atoms with Crippen molar-refractivity contribution in [3.63, 3.8) is 0 Å². The number of benzene rings is 1. The maximum absolute atomic E-state index is 11.3. The Labute approximate surface area is 114 Å². The van der Waals surface area contributed by atoms with Gasteiger partial charge in [-0.25, -0.2) is 4.79 Å². The second kappa shape index (κ2) is 7.05. The number of aliphatic hydroxyl groups excluding tert-OH is 1. The molecule has 7 heteroatoms. The number of carbonyl (C=O) groups is 3. The van der Waals surface area contributed by atoms with E-state index in [2.05, 4.69) is 5.32 Å². The average Bonchev–Trinajstić information content (AvgIpc) is 2.42. The molecule has 1 rings (SSSR count). The Hall–Kier alpha value is -2.67. The van der Waals surface area contributed by atoms with Crippen molar-refractivity contribution in [3.05, 3.63) is 41.5 Å². The Morgan fingerprint density at radius 1 is 1.25 bits per heavy atom. The molecule has 0 aromatic heterocycles. The first-order valence-corrected chi connectivity index (χ1v) is 5.67. The number of aliphatic hydroxyl groups is 1. The van der Waals surface area contributed by atoms with E-state index in [4.69, 9.17) is 15.9 Å². The van der Waals surface area contributed by atoms with Crippen molar-refractivity contribution in [2.75, 3.05) is 6.54 Å². The first-order valence-electron chi connectivity index (χ1n) is 5.67. The number of carbonyl (C=O) groups excluding carboxylic acids is 2. The Bertz CT molecular complexity index is 536. The van der Waals surface area contributed by atoms with Crippen LogP contribution in [0, 0.1) is 0 Å². The molecule has 1 aromatic carbocycles. The van der Waals surface area contributed by atoms with Gasteiger partial charge in [0, 0.05) is 11.6 Å². The zero-order chi connectivity index (χ0) is 15.1. The van der Waals surface area contributed by atoms with E-state index < -0.39 is 23.9 Å². The molecule has 0 saturated carbocycles. The van der Waals surface area contributed by atoms with Gasteiger partial charge in [-0.15, -0.1) is 0 Å². The molecule has 106 valence electrons. The van der Waals surface area contributed by atoms with Crippen molar-refractivity contribution in [2.45, 2.75) is 6.10 Å². The van der Waals surface area contributed by atoms with Gasteiger partial charge in [-0.2, -0.15) is 0 Å². The number of nitrogens with one attached hydrogen (secondary N) is 1. The molecule has 0 heterocycles. The molecule has 5 N–H and O–H groups in total. The van der Waals surface area contributed by atoms with Gasteiger partial charge in [0.25, 0.3) is 0 Å². The Balaban J connectivity index is 2.53. The van der Waals surface area contributed by atoms with Crippen LogP contribution in [0.5, 0.6) is 0 Å². The highest BCUT2D eigenvalue weighted by Gasteiger charge is 2.12. The molecule has 0 aliphatic carbocycles. The minimum atomic E-state index is -1.64. The van der Waals surface area contributed by atoms with Gasteiger partial charge in [0.2, 0.25) is 11.8 Å². The number of carboxylic acids is 1.